The minimum atomic E-state index is -0.175. The van der Waals surface area contributed by atoms with Gasteiger partial charge in [0.2, 0.25) is 0 Å². The molecular weight excluding hydrogens is 307 g/mol. The second kappa shape index (κ2) is 7.48. The van der Waals surface area contributed by atoms with Crippen molar-refractivity contribution in [3.8, 4) is 0 Å². The minimum Gasteiger partial charge on any atom is -0.380 e. The number of hydrogen-bond donors (Lipinski definition) is 1. The Morgan fingerprint density at radius 3 is 2.67 bits per heavy atom. The number of hydrogen-bond acceptors (Lipinski definition) is 4. The highest BCUT2D eigenvalue weighted by Gasteiger charge is 2.38. The second-order valence-electron chi connectivity index (χ2n) is 7.72. The van der Waals surface area contributed by atoms with Crippen molar-refractivity contribution in [3.63, 3.8) is 0 Å². The molecule has 24 heavy (non-hydrogen) atoms. The summed E-state index contributed by atoms with van der Waals surface area (Å²) < 4.78 is 24.8. The quantitative estimate of drug-likeness (QED) is 0.863. The maximum absolute atomic E-state index is 13.7. The number of rotatable bonds is 6. The van der Waals surface area contributed by atoms with Crippen molar-refractivity contribution in [2.24, 2.45) is 0 Å². The zero-order valence-corrected chi connectivity index (χ0v) is 14.8. The normalized spacial score (nSPS) is 26.0. The van der Waals surface area contributed by atoms with Crippen molar-refractivity contribution >= 4 is 0 Å². The van der Waals surface area contributed by atoms with Crippen LogP contribution >= 0.6 is 0 Å². The summed E-state index contributed by atoms with van der Waals surface area (Å²) in [6.07, 6.45) is 0.928. The van der Waals surface area contributed by atoms with Crippen LogP contribution in [0.1, 0.15) is 25.8 Å². The van der Waals surface area contributed by atoms with Gasteiger partial charge in [0.15, 0.2) is 0 Å². The van der Waals surface area contributed by atoms with Crippen LogP contribution in [-0.4, -0.2) is 63.0 Å². The zero-order chi connectivity index (χ0) is 17.0. The molecule has 1 aromatic rings. The summed E-state index contributed by atoms with van der Waals surface area (Å²) in [6, 6.07) is 6.98. The van der Waals surface area contributed by atoms with Crippen molar-refractivity contribution in [1.82, 2.24) is 10.2 Å². The van der Waals surface area contributed by atoms with E-state index in [-0.39, 0.29) is 16.8 Å². The number of nitrogens with one attached hydrogen (secondary N) is 1. The van der Waals surface area contributed by atoms with Crippen LogP contribution in [-0.2, 0) is 14.9 Å². The smallest absolute Gasteiger partial charge is 0.123 e. The van der Waals surface area contributed by atoms with Gasteiger partial charge in [0, 0.05) is 43.7 Å². The third kappa shape index (κ3) is 4.33. The molecule has 0 amide bonds. The summed E-state index contributed by atoms with van der Waals surface area (Å²) in [5.74, 6) is -0.175. The SMILES string of the molecule is CC(C)(CN1CCOCC1)NCC1(c2cccc(F)c2)CCOC1. The third-order valence-electron chi connectivity index (χ3n) is 5.17. The molecule has 1 unspecified atom stereocenters. The molecule has 0 aliphatic carbocycles. The van der Waals surface area contributed by atoms with Gasteiger partial charge in [-0.1, -0.05) is 12.1 Å². The maximum atomic E-state index is 13.7. The molecular formula is C19H29FN2O2. The molecule has 1 aromatic carbocycles. The Morgan fingerprint density at radius 2 is 2.00 bits per heavy atom. The van der Waals surface area contributed by atoms with E-state index in [9.17, 15) is 4.39 Å². The first kappa shape index (κ1) is 17.8. The van der Waals surface area contributed by atoms with E-state index in [1.807, 2.05) is 6.07 Å². The van der Waals surface area contributed by atoms with Crippen molar-refractivity contribution in [2.75, 3.05) is 52.6 Å². The lowest BCUT2D eigenvalue weighted by Crippen LogP contribution is -2.55. The summed E-state index contributed by atoms with van der Waals surface area (Å²) in [5.41, 5.74) is 0.889. The van der Waals surface area contributed by atoms with Gasteiger partial charge in [0.1, 0.15) is 5.82 Å². The molecule has 2 aliphatic rings. The van der Waals surface area contributed by atoms with Gasteiger partial charge in [-0.3, -0.25) is 4.90 Å². The number of halogens is 1. The van der Waals surface area contributed by atoms with E-state index < -0.39 is 0 Å². The van der Waals surface area contributed by atoms with Crippen LogP contribution in [0.2, 0.25) is 0 Å². The van der Waals surface area contributed by atoms with Crippen molar-refractivity contribution < 1.29 is 13.9 Å². The first-order chi connectivity index (χ1) is 11.5. The van der Waals surface area contributed by atoms with E-state index >= 15 is 0 Å². The molecule has 2 saturated heterocycles. The number of morpholine rings is 1. The molecule has 2 aliphatic heterocycles. The zero-order valence-electron chi connectivity index (χ0n) is 14.8. The highest BCUT2D eigenvalue weighted by Crippen LogP contribution is 2.33. The van der Waals surface area contributed by atoms with Gasteiger partial charge in [-0.25, -0.2) is 4.39 Å². The molecule has 0 spiro atoms. The minimum absolute atomic E-state index is 0.0136. The van der Waals surface area contributed by atoms with E-state index in [1.54, 1.807) is 12.1 Å². The van der Waals surface area contributed by atoms with Crippen LogP contribution in [0.5, 0.6) is 0 Å². The summed E-state index contributed by atoms with van der Waals surface area (Å²) >= 11 is 0. The lowest BCUT2D eigenvalue weighted by molar-refractivity contribution is 0.0263. The third-order valence-corrected chi connectivity index (χ3v) is 5.17. The Morgan fingerprint density at radius 1 is 1.21 bits per heavy atom. The molecule has 2 fully saturated rings. The summed E-state index contributed by atoms with van der Waals surface area (Å²) in [4.78, 5) is 2.44. The number of nitrogens with zero attached hydrogens (tertiary/aromatic N) is 1. The van der Waals surface area contributed by atoms with E-state index in [2.05, 4.69) is 24.1 Å². The molecule has 4 nitrogen and oxygen atoms in total. The van der Waals surface area contributed by atoms with E-state index in [4.69, 9.17) is 9.47 Å². The second-order valence-corrected chi connectivity index (χ2v) is 7.72. The summed E-state index contributed by atoms with van der Waals surface area (Å²) in [6.45, 7) is 11.2. The monoisotopic (exact) mass is 336 g/mol. The van der Waals surface area contributed by atoms with Crippen molar-refractivity contribution in [1.29, 1.82) is 0 Å². The van der Waals surface area contributed by atoms with Gasteiger partial charge in [-0.05, 0) is 38.0 Å². The largest absolute Gasteiger partial charge is 0.380 e. The molecule has 1 atom stereocenters. The summed E-state index contributed by atoms with van der Waals surface area (Å²) in [7, 11) is 0. The average Bonchev–Trinajstić information content (AvgIpc) is 3.04. The molecule has 134 valence electrons. The Labute approximate surface area is 144 Å². The predicted molar refractivity (Wildman–Crippen MR) is 92.9 cm³/mol. The average molecular weight is 336 g/mol. The summed E-state index contributed by atoms with van der Waals surface area (Å²) in [5, 5.41) is 3.72. The maximum Gasteiger partial charge on any atom is 0.123 e. The van der Waals surface area contributed by atoms with Crippen molar-refractivity contribution in [3.05, 3.63) is 35.6 Å². The van der Waals surface area contributed by atoms with Crippen LogP contribution in [0, 0.1) is 5.82 Å². The van der Waals surface area contributed by atoms with E-state index in [1.165, 1.54) is 6.07 Å². The molecule has 0 saturated carbocycles. The van der Waals surface area contributed by atoms with Gasteiger partial charge in [-0.2, -0.15) is 0 Å². The van der Waals surface area contributed by atoms with E-state index in [0.29, 0.717) is 6.61 Å². The van der Waals surface area contributed by atoms with Crippen LogP contribution in [0.15, 0.2) is 24.3 Å². The molecule has 2 heterocycles. The molecule has 0 radical (unpaired) electrons. The first-order valence-corrected chi connectivity index (χ1v) is 8.88. The van der Waals surface area contributed by atoms with Gasteiger partial charge >= 0.3 is 0 Å². The van der Waals surface area contributed by atoms with Crippen LogP contribution in [0.25, 0.3) is 0 Å². The highest BCUT2D eigenvalue weighted by atomic mass is 19.1. The first-order valence-electron chi connectivity index (χ1n) is 8.88. The molecule has 0 bridgehead atoms. The van der Waals surface area contributed by atoms with Gasteiger partial charge in [0.05, 0.1) is 19.8 Å². The van der Waals surface area contributed by atoms with Gasteiger partial charge in [0.25, 0.3) is 0 Å². The Bertz CT molecular complexity index is 538. The molecule has 0 aromatic heterocycles. The Hall–Kier alpha value is -1.01. The van der Waals surface area contributed by atoms with Crippen LogP contribution in [0.4, 0.5) is 4.39 Å². The molecule has 5 heteroatoms. The van der Waals surface area contributed by atoms with Crippen LogP contribution < -0.4 is 5.32 Å². The van der Waals surface area contributed by atoms with Gasteiger partial charge in [-0.15, -0.1) is 0 Å². The lowest BCUT2D eigenvalue weighted by Gasteiger charge is -2.38. The molecule has 3 rings (SSSR count). The molecule has 1 N–H and O–H groups in total. The van der Waals surface area contributed by atoms with E-state index in [0.717, 1.165) is 58.0 Å². The predicted octanol–water partition coefficient (Wildman–Crippen LogP) is 2.18. The Kier molecular flexibility index (Phi) is 5.55. The number of benzene rings is 1. The fourth-order valence-electron chi connectivity index (χ4n) is 3.68. The Balaban J connectivity index is 1.65. The van der Waals surface area contributed by atoms with Crippen molar-refractivity contribution in [2.45, 2.75) is 31.2 Å². The van der Waals surface area contributed by atoms with Gasteiger partial charge < -0.3 is 14.8 Å². The highest BCUT2D eigenvalue weighted by molar-refractivity contribution is 5.28. The van der Waals surface area contributed by atoms with Crippen LogP contribution in [0.3, 0.4) is 0 Å². The lowest BCUT2D eigenvalue weighted by atomic mass is 9.79. The topological polar surface area (TPSA) is 33.7 Å². The standard InChI is InChI=1S/C19H29FN2O2/c1-18(2,14-22-7-10-23-11-8-22)21-13-19(6-9-24-15-19)16-4-3-5-17(20)12-16/h3-5,12,21H,6-11,13-15H2,1-2H3. The fourth-order valence-corrected chi connectivity index (χ4v) is 3.68. The fraction of sp³-hybridized carbons (Fsp3) is 0.684. The number of ether oxygens (including phenoxy) is 2.